The molecule has 0 radical (unpaired) electrons. The summed E-state index contributed by atoms with van der Waals surface area (Å²) in [7, 11) is 0. The van der Waals surface area contributed by atoms with Crippen molar-refractivity contribution in [2.45, 2.75) is 6.42 Å². The zero-order valence-corrected chi connectivity index (χ0v) is 9.40. The zero-order valence-electron chi connectivity index (χ0n) is 9.40. The first-order chi connectivity index (χ1) is 8.24. The van der Waals surface area contributed by atoms with Gasteiger partial charge in [-0.2, -0.15) is 0 Å². The molecule has 0 aliphatic rings. The predicted octanol–water partition coefficient (Wildman–Crippen LogP) is 3.03. The number of rotatable bonds is 4. The maximum absolute atomic E-state index is 12.7. The van der Waals surface area contributed by atoms with Gasteiger partial charge in [0.05, 0.1) is 6.61 Å². The second kappa shape index (κ2) is 5.34. The lowest BCUT2D eigenvalue weighted by Crippen LogP contribution is -2.01. The monoisotopic (exact) mass is 231 g/mol. The molecular formula is C14H14FNO. The molecule has 0 saturated heterocycles. The number of nitrogens with two attached hydrogens (primary N) is 1. The fourth-order valence-electron chi connectivity index (χ4n) is 1.54. The minimum absolute atomic E-state index is 0.217. The van der Waals surface area contributed by atoms with Gasteiger partial charge in [-0.3, -0.25) is 0 Å². The van der Waals surface area contributed by atoms with Crippen LogP contribution in [-0.4, -0.2) is 6.61 Å². The van der Waals surface area contributed by atoms with E-state index in [2.05, 4.69) is 0 Å². The number of ether oxygens (including phenoxy) is 1. The van der Waals surface area contributed by atoms with Crippen LogP contribution in [-0.2, 0) is 6.42 Å². The second-order valence-electron chi connectivity index (χ2n) is 3.80. The Hall–Kier alpha value is -2.03. The first-order valence-corrected chi connectivity index (χ1v) is 5.47. The molecule has 2 nitrogen and oxygen atoms in total. The van der Waals surface area contributed by atoms with Gasteiger partial charge in [-0.25, -0.2) is 4.39 Å². The molecule has 0 amide bonds. The molecule has 2 N–H and O–H groups in total. The highest BCUT2D eigenvalue weighted by Crippen LogP contribution is 2.14. The highest BCUT2D eigenvalue weighted by molar-refractivity contribution is 5.43. The first kappa shape index (κ1) is 11.5. The van der Waals surface area contributed by atoms with Crippen molar-refractivity contribution in [3.8, 4) is 5.75 Å². The quantitative estimate of drug-likeness (QED) is 0.821. The third kappa shape index (κ3) is 3.48. The summed E-state index contributed by atoms with van der Waals surface area (Å²) in [5, 5.41) is 0. The Bertz CT molecular complexity index is 482. The molecule has 0 aliphatic heterocycles. The fraction of sp³-hybridized carbons (Fsp3) is 0.143. The Kier molecular flexibility index (Phi) is 3.60. The summed E-state index contributed by atoms with van der Waals surface area (Å²) in [5.74, 6) is 0.539. The van der Waals surface area contributed by atoms with Crippen LogP contribution in [0.15, 0.2) is 48.5 Å². The lowest BCUT2D eigenvalue weighted by atomic mass is 10.2. The number of halogens is 1. The number of nitrogen functional groups attached to an aromatic ring is 1. The number of benzene rings is 2. The Morgan fingerprint density at radius 2 is 1.82 bits per heavy atom. The minimum atomic E-state index is -0.217. The van der Waals surface area contributed by atoms with E-state index >= 15 is 0 Å². The van der Waals surface area contributed by atoms with Crippen LogP contribution in [0.5, 0.6) is 5.75 Å². The molecule has 0 aliphatic carbocycles. The van der Waals surface area contributed by atoms with Crippen molar-refractivity contribution in [2.24, 2.45) is 0 Å². The number of hydrogen-bond acceptors (Lipinski definition) is 2. The van der Waals surface area contributed by atoms with Crippen molar-refractivity contribution in [3.05, 3.63) is 59.9 Å². The van der Waals surface area contributed by atoms with Crippen molar-refractivity contribution < 1.29 is 9.13 Å². The van der Waals surface area contributed by atoms with E-state index < -0.39 is 0 Å². The summed E-state index contributed by atoms with van der Waals surface area (Å²) in [6.45, 7) is 0.551. The highest BCUT2D eigenvalue weighted by atomic mass is 19.1. The maximum atomic E-state index is 12.7. The van der Waals surface area contributed by atoms with Gasteiger partial charge >= 0.3 is 0 Å². The Labute approximate surface area is 99.8 Å². The molecule has 88 valence electrons. The van der Waals surface area contributed by atoms with Crippen LogP contribution in [0.25, 0.3) is 0 Å². The van der Waals surface area contributed by atoms with Gasteiger partial charge in [-0.15, -0.1) is 0 Å². The van der Waals surface area contributed by atoms with Gasteiger partial charge in [0.25, 0.3) is 0 Å². The smallest absolute Gasteiger partial charge is 0.123 e. The van der Waals surface area contributed by atoms with Crippen LogP contribution >= 0.6 is 0 Å². The summed E-state index contributed by atoms with van der Waals surface area (Å²) in [5.41, 5.74) is 7.37. The summed E-state index contributed by atoms with van der Waals surface area (Å²) >= 11 is 0. The Morgan fingerprint density at radius 1 is 1.06 bits per heavy atom. The normalized spacial score (nSPS) is 10.2. The van der Waals surface area contributed by atoms with E-state index in [9.17, 15) is 4.39 Å². The van der Waals surface area contributed by atoms with E-state index in [-0.39, 0.29) is 5.82 Å². The number of anilines is 1. The summed E-state index contributed by atoms with van der Waals surface area (Å²) < 4.78 is 18.2. The minimum Gasteiger partial charge on any atom is -0.493 e. The average Bonchev–Trinajstić information content (AvgIpc) is 2.32. The molecule has 0 atom stereocenters. The molecule has 0 aromatic heterocycles. The highest BCUT2D eigenvalue weighted by Gasteiger charge is 1.97. The molecule has 0 heterocycles. The average molecular weight is 231 g/mol. The topological polar surface area (TPSA) is 35.2 Å². The van der Waals surface area contributed by atoms with Crippen LogP contribution in [0.2, 0.25) is 0 Å². The lowest BCUT2D eigenvalue weighted by Gasteiger charge is -2.06. The first-order valence-electron chi connectivity index (χ1n) is 5.47. The SMILES string of the molecule is Nc1cccc(OCCc2ccc(F)cc2)c1. The van der Waals surface area contributed by atoms with Gasteiger partial charge in [0.15, 0.2) is 0 Å². The van der Waals surface area contributed by atoms with E-state index in [1.807, 2.05) is 18.2 Å². The molecule has 2 aromatic carbocycles. The summed E-state index contributed by atoms with van der Waals surface area (Å²) in [6, 6.07) is 13.7. The van der Waals surface area contributed by atoms with Crippen LogP contribution in [0, 0.1) is 5.82 Å². The largest absolute Gasteiger partial charge is 0.493 e. The van der Waals surface area contributed by atoms with Gasteiger partial charge in [-0.1, -0.05) is 18.2 Å². The molecule has 3 heteroatoms. The van der Waals surface area contributed by atoms with E-state index in [0.717, 1.165) is 17.7 Å². The third-order valence-corrected chi connectivity index (χ3v) is 2.43. The van der Waals surface area contributed by atoms with E-state index in [0.29, 0.717) is 12.3 Å². The van der Waals surface area contributed by atoms with Crippen LogP contribution in [0.1, 0.15) is 5.56 Å². The molecule has 2 aromatic rings. The molecule has 0 spiro atoms. The Balaban J connectivity index is 1.85. The van der Waals surface area contributed by atoms with E-state index in [1.165, 1.54) is 12.1 Å². The lowest BCUT2D eigenvalue weighted by molar-refractivity contribution is 0.322. The molecule has 0 bridgehead atoms. The zero-order chi connectivity index (χ0) is 12.1. The maximum Gasteiger partial charge on any atom is 0.123 e. The van der Waals surface area contributed by atoms with E-state index in [1.54, 1.807) is 18.2 Å². The van der Waals surface area contributed by atoms with Gasteiger partial charge in [0.2, 0.25) is 0 Å². The summed E-state index contributed by atoms with van der Waals surface area (Å²) in [6.07, 6.45) is 0.745. The van der Waals surface area contributed by atoms with Gasteiger partial charge in [-0.05, 0) is 29.8 Å². The van der Waals surface area contributed by atoms with Crippen molar-refractivity contribution >= 4 is 5.69 Å². The van der Waals surface area contributed by atoms with Crippen molar-refractivity contribution in [1.82, 2.24) is 0 Å². The standard InChI is InChI=1S/C14H14FNO/c15-12-6-4-11(5-7-12)8-9-17-14-3-1-2-13(16)10-14/h1-7,10H,8-9,16H2. The number of hydrogen-bond donors (Lipinski definition) is 1. The molecule has 17 heavy (non-hydrogen) atoms. The molecule has 0 fully saturated rings. The van der Waals surface area contributed by atoms with Crippen molar-refractivity contribution in [2.75, 3.05) is 12.3 Å². The predicted molar refractivity (Wildman–Crippen MR) is 66.5 cm³/mol. The second-order valence-corrected chi connectivity index (χ2v) is 3.80. The van der Waals surface area contributed by atoms with Crippen LogP contribution in [0.3, 0.4) is 0 Å². The summed E-state index contributed by atoms with van der Waals surface area (Å²) in [4.78, 5) is 0. The van der Waals surface area contributed by atoms with Gasteiger partial charge < -0.3 is 10.5 Å². The molecule has 0 saturated carbocycles. The van der Waals surface area contributed by atoms with Gasteiger partial charge in [0, 0.05) is 18.2 Å². The van der Waals surface area contributed by atoms with Gasteiger partial charge in [0.1, 0.15) is 11.6 Å². The Morgan fingerprint density at radius 3 is 2.53 bits per heavy atom. The van der Waals surface area contributed by atoms with E-state index in [4.69, 9.17) is 10.5 Å². The fourth-order valence-corrected chi connectivity index (χ4v) is 1.54. The molecular weight excluding hydrogens is 217 g/mol. The van der Waals surface area contributed by atoms with Crippen molar-refractivity contribution in [3.63, 3.8) is 0 Å². The third-order valence-electron chi connectivity index (χ3n) is 2.43. The molecule has 0 unspecified atom stereocenters. The molecule has 2 rings (SSSR count). The van der Waals surface area contributed by atoms with Crippen LogP contribution in [0.4, 0.5) is 10.1 Å². The van der Waals surface area contributed by atoms with Crippen LogP contribution < -0.4 is 10.5 Å². The van der Waals surface area contributed by atoms with Crippen molar-refractivity contribution in [1.29, 1.82) is 0 Å².